The molecule has 0 aliphatic carbocycles. The van der Waals surface area contributed by atoms with E-state index in [4.69, 9.17) is 9.15 Å². The van der Waals surface area contributed by atoms with Crippen LogP contribution in [0.2, 0.25) is 0 Å². The summed E-state index contributed by atoms with van der Waals surface area (Å²) in [6, 6.07) is 42.1. The molecule has 7 rings (SSSR count). The fourth-order valence-electron chi connectivity index (χ4n) is 5.58. The van der Waals surface area contributed by atoms with Crippen molar-refractivity contribution in [2.45, 2.75) is 0 Å². The van der Waals surface area contributed by atoms with Crippen LogP contribution in [0.15, 0.2) is 132 Å². The van der Waals surface area contributed by atoms with Crippen LogP contribution in [0.5, 0.6) is 5.75 Å². The van der Waals surface area contributed by atoms with E-state index in [2.05, 4.69) is 42.5 Å². The standard InChI is InChI=1S/C36H24O3/c1-38-32-22-21-24-12-3-5-15-26(24)33(32)34(37)27-16-6-7-17-29(27)36-31-19-9-8-18-30(31)35(39-36)28-20-10-13-23-11-2-4-14-25(23)28/h2-22H,1H3. The van der Waals surface area contributed by atoms with Crippen LogP contribution in [0.3, 0.4) is 0 Å². The van der Waals surface area contributed by atoms with Gasteiger partial charge in [-0.15, -0.1) is 0 Å². The summed E-state index contributed by atoms with van der Waals surface area (Å²) in [4.78, 5) is 14.3. The molecular weight excluding hydrogens is 480 g/mol. The Morgan fingerprint density at radius 2 is 1.08 bits per heavy atom. The maximum Gasteiger partial charge on any atom is 0.198 e. The van der Waals surface area contributed by atoms with Crippen molar-refractivity contribution in [3.05, 3.63) is 139 Å². The van der Waals surface area contributed by atoms with E-state index in [1.165, 1.54) is 0 Å². The highest BCUT2D eigenvalue weighted by Gasteiger charge is 2.25. The van der Waals surface area contributed by atoms with Crippen molar-refractivity contribution in [3.63, 3.8) is 0 Å². The van der Waals surface area contributed by atoms with Gasteiger partial charge in [0.15, 0.2) is 5.78 Å². The number of benzene rings is 6. The summed E-state index contributed by atoms with van der Waals surface area (Å²) in [6.07, 6.45) is 0. The Balaban J connectivity index is 1.47. The number of hydrogen-bond acceptors (Lipinski definition) is 3. The number of fused-ring (bicyclic) bond motifs is 3. The zero-order chi connectivity index (χ0) is 26.3. The van der Waals surface area contributed by atoms with E-state index in [9.17, 15) is 4.79 Å². The van der Waals surface area contributed by atoms with E-state index >= 15 is 0 Å². The minimum atomic E-state index is -0.105. The first-order valence-corrected chi connectivity index (χ1v) is 12.9. The zero-order valence-corrected chi connectivity index (χ0v) is 21.3. The maximum absolute atomic E-state index is 14.3. The molecule has 0 aliphatic heterocycles. The summed E-state index contributed by atoms with van der Waals surface area (Å²) in [5, 5.41) is 6.09. The molecule has 0 N–H and O–H groups in total. The van der Waals surface area contributed by atoms with Crippen LogP contribution in [-0.2, 0) is 0 Å². The molecule has 1 aromatic heterocycles. The summed E-state index contributed by atoms with van der Waals surface area (Å²) in [7, 11) is 1.60. The number of carbonyl (C=O) groups excluding carboxylic acids is 1. The second kappa shape index (κ2) is 9.30. The van der Waals surface area contributed by atoms with E-state index in [1.807, 2.05) is 84.9 Å². The number of ketones is 1. The van der Waals surface area contributed by atoms with Crippen LogP contribution < -0.4 is 4.74 Å². The number of methoxy groups -OCH3 is 1. The molecule has 39 heavy (non-hydrogen) atoms. The van der Waals surface area contributed by atoms with E-state index in [-0.39, 0.29) is 5.78 Å². The van der Waals surface area contributed by atoms with Crippen molar-refractivity contribution in [2.75, 3.05) is 7.11 Å². The van der Waals surface area contributed by atoms with Gasteiger partial charge in [0, 0.05) is 27.5 Å². The van der Waals surface area contributed by atoms with Crippen LogP contribution in [0.4, 0.5) is 0 Å². The molecule has 0 radical (unpaired) electrons. The number of hydrogen-bond donors (Lipinski definition) is 0. The normalized spacial score (nSPS) is 11.3. The Morgan fingerprint density at radius 1 is 0.538 bits per heavy atom. The fraction of sp³-hybridized carbons (Fsp3) is 0.0278. The van der Waals surface area contributed by atoms with Gasteiger partial charge >= 0.3 is 0 Å². The molecule has 7 aromatic rings. The molecule has 1 heterocycles. The van der Waals surface area contributed by atoms with Gasteiger partial charge in [0.05, 0.1) is 12.7 Å². The predicted octanol–water partition coefficient (Wildman–Crippen LogP) is 9.31. The van der Waals surface area contributed by atoms with Gasteiger partial charge < -0.3 is 9.15 Å². The fourth-order valence-corrected chi connectivity index (χ4v) is 5.58. The Kier molecular flexibility index (Phi) is 5.49. The van der Waals surface area contributed by atoms with E-state index in [1.54, 1.807) is 7.11 Å². The molecular formula is C36H24O3. The van der Waals surface area contributed by atoms with Crippen molar-refractivity contribution < 1.29 is 13.9 Å². The summed E-state index contributed by atoms with van der Waals surface area (Å²) in [5.41, 5.74) is 2.89. The van der Waals surface area contributed by atoms with Crippen LogP contribution in [-0.4, -0.2) is 12.9 Å². The Labute approximate surface area is 225 Å². The van der Waals surface area contributed by atoms with Gasteiger partial charge in [-0.3, -0.25) is 4.79 Å². The van der Waals surface area contributed by atoms with Gasteiger partial charge in [-0.1, -0.05) is 121 Å². The Bertz CT molecular complexity index is 2020. The van der Waals surface area contributed by atoms with Crippen molar-refractivity contribution in [2.24, 2.45) is 0 Å². The third kappa shape index (κ3) is 3.71. The van der Waals surface area contributed by atoms with E-state index < -0.39 is 0 Å². The average molecular weight is 505 g/mol. The molecule has 0 atom stereocenters. The molecule has 6 aromatic carbocycles. The summed E-state index contributed by atoms with van der Waals surface area (Å²) in [6.45, 7) is 0. The number of carbonyl (C=O) groups is 1. The maximum atomic E-state index is 14.3. The highest BCUT2D eigenvalue weighted by atomic mass is 16.5. The lowest BCUT2D eigenvalue weighted by atomic mass is 9.92. The molecule has 0 fully saturated rings. The van der Waals surface area contributed by atoms with Gasteiger partial charge in [-0.05, 0) is 27.6 Å². The zero-order valence-electron chi connectivity index (χ0n) is 21.3. The van der Waals surface area contributed by atoms with Gasteiger partial charge in [-0.25, -0.2) is 0 Å². The molecule has 0 unspecified atom stereocenters. The lowest BCUT2D eigenvalue weighted by molar-refractivity contribution is 0.103. The van der Waals surface area contributed by atoms with E-state index in [0.29, 0.717) is 22.6 Å². The van der Waals surface area contributed by atoms with Crippen molar-refractivity contribution >= 4 is 38.1 Å². The molecule has 0 amide bonds. The smallest absolute Gasteiger partial charge is 0.198 e. The van der Waals surface area contributed by atoms with Gasteiger partial charge in [0.2, 0.25) is 0 Å². The van der Waals surface area contributed by atoms with Crippen LogP contribution in [0.1, 0.15) is 15.9 Å². The molecule has 0 spiro atoms. The molecule has 0 aliphatic rings. The lowest BCUT2D eigenvalue weighted by Crippen LogP contribution is -2.06. The first-order valence-electron chi connectivity index (χ1n) is 12.9. The SMILES string of the molecule is COc1ccc2ccccc2c1C(=O)c1ccccc1-c1oc(-c2cccc3ccccc23)c2ccccc12. The number of furan rings is 1. The third-order valence-corrected chi connectivity index (χ3v) is 7.41. The Morgan fingerprint density at radius 3 is 1.82 bits per heavy atom. The monoisotopic (exact) mass is 504 g/mol. The highest BCUT2D eigenvalue weighted by molar-refractivity contribution is 6.21. The second-order valence-electron chi connectivity index (χ2n) is 9.57. The second-order valence-corrected chi connectivity index (χ2v) is 9.57. The number of rotatable bonds is 5. The lowest BCUT2D eigenvalue weighted by Gasteiger charge is -2.13. The average Bonchev–Trinajstić information content (AvgIpc) is 3.39. The van der Waals surface area contributed by atoms with Crippen LogP contribution in [0.25, 0.3) is 55.0 Å². The Hall–Kier alpha value is -5.15. The van der Waals surface area contributed by atoms with Crippen molar-refractivity contribution in [1.82, 2.24) is 0 Å². The number of ether oxygens (including phenoxy) is 1. The molecule has 0 saturated carbocycles. The molecule has 3 heteroatoms. The quantitative estimate of drug-likeness (QED) is 0.219. The molecule has 186 valence electrons. The van der Waals surface area contributed by atoms with Gasteiger partial charge in [0.1, 0.15) is 17.3 Å². The van der Waals surface area contributed by atoms with E-state index in [0.717, 1.165) is 49.2 Å². The molecule has 0 bridgehead atoms. The summed E-state index contributed by atoms with van der Waals surface area (Å²) in [5.74, 6) is 1.92. The van der Waals surface area contributed by atoms with Gasteiger partial charge in [0.25, 0.3) is 0 Å². The largest absolute Gasteiger partial charge is 0.496 e. The van der Waals surface area contributed by atoms with Crippen LogP contribution in [0, 0.1) is 0 Å². The first-order chi connectivity index (χ1) is 19.2. The van der Waals surface area contributed by atoms with Crippen molar-refractivity contribution in [1.29, 1.82) is 0 Å². The third-order valence-electron chi connectivity index (χ3n) is 7.41. The highest BCUT2D eigenvalue weighted by Crippen LogP contribution is 2.43. The molecule has 3 nitrogen and oxygen atoms in total. The van der Waals surface area contributed by atoms with Gasteiger partial charge in [-0.2, -0.15) is 0 Å². The summed E-state index contributed by atoms with van der Waals surface area (Å²) >= 11 is 0. The minimum absolute atomic E-state index is 0.105. The van der Waals surface area contributed by atoms with Crippen molar-refractivity contribution in [3.8, 4) is 28.4 Å². The predicted molar refractivity (Wildman–Crippen MR) is 159 cm³/mol. The topological polar surface area (TPSA) is 39.4 Å². The molecule has 0 saturated heterocycles. The minimum Gasteiger partial charge on any atom is -0.496 e. The first kappa shape index (κ1) is 23.0. The van der Waals surface area contributed by atoms with Crippen LogP contribution >= 0.6 is 0 Å². The summed E-state index contributed by atoms with van der Waals surface area (Å²) < 4.78 is 12.4.